The third kappa shape index (κ3) is 2.84. The lowest BCUT2D eigenvalue weighted by Crippen LogP contribution is -1.94. The van der Waals surface area contributed by atoms with Crippen LogP contribution in [0.5, 0.6) is 0 Å². The summed E-state index contributed by atoms with van der Waals surface area (Å²) in [5.74, 6) is -0.538. The second-order valence-electron chi connectivity index (χ2n) is 3.46. The molecule has 0 unspecified atom stereocenters. The maximum absolute atomic E-state index is 13.3. The Hall–Kier alpha value is -2.29. The monoisotopic (exact) mass is 227 g/mol. The molecule has 0 saturated carbocycles. The quantitative estimate of drug-likeness (QED) is 0.595. The lowest BCUT2D eigenvalue weighted by molar-refractivity contribution is 0.104. The zero-order valence-electron chi connectivity index (χ0n) is 9.01. The minimum absolute atomic E-state index is 0.193. The molecule has 2 nitrogen and oxygen atoms in total. The van der Waals surface area contributed by atoms with Gasteiger partial charge in [-0.15, -0.1) is 0 Å². The van der Waals surface area contributed by atoms with E-state index in [1.165, 1.54) is 24.4 Å². The third-order valence-electron chi connectivity index (χ3n) is 2.27. The first-order valence-electron chi connectivity index (χ1n) is 5.14. The second kappa shape index (κ2) is 5.16. The summed E-state index contributed by atoms with van der Waals surface area (Å²) in [7, 11) is 0. The van der Waals surface area contributed by atoms with Gasteiger partial charge in [0.25, 0.3) is 0 Å². The SMILES string of the molecule is O=C(/C=C/c1ccccc1F)c1cccnc1. The highest BCUT2D eigenvalue weighted by atomic mass is 19.1. The van der Waals surface area contributed by atoms with Gasteiger partial charge in [0.2, 0.25) is 0 Å². The van der Waals surface area contributed by atoms with E-state index in [9.17, 15) is 9.18 Å². The molecular formula is C14H10FNO. The summed E-state index contributed by atoms with van der Waals surface area (Å²) in [5.41, 5.74) is 0.879. The van der Waals surface area contributed by atoms with E-state index in [4.69, 9.17) is 0 Å². The molecule has 0 spiro atoms. The van der Waals surface area contributed by atoms with Crippen LogP contribution in [0, 0.1) is 5.82 Å². The fraction of sp³-hybridized carbons (Fsp3) is 0. The van der Waals surface area contributed by atoms with Gasteiger partial charge in [-0.3, -0.25) is 9.78 Å². The average molecular weight is 227 g/mol. The van der Waals surface area contributed by atoms with Crippen molar-refractivity contribution in [1.82, 2.24) is 4.98 Å². The number of ketones is 1. The number of pyridine rings is 1. The molecule has 0 atom stereocenters. The molecule has 2 rings (SSSR count). The number of carbonyl (C=O) groups is 1. The van der Waals surface area contributed by atoms with Crippen LogP contribution in [-0.4, -0.2) is 10.8 Å². The molecule has 0 aliphatic rings. The fourth-order valence-electron chi connectivity index (χ4n) is 1.38. The van der Waals surface area contributed by atoms with Crippen LogP contribution in [0.4, 0.5) is 4.39 Å². The highest BCUT2D eigenvalue weighted by molar-refractivity contribution is 6.06. The van der Waals surface area contributed by atoms with Gasteiger partial charge in [0.15, 0.2) is 5.78 Å². The molecule has 0 fully saturated rings. The molecular weight excluding hydrogens is 217 g/mol. The van der Waals surface area contributed by atoms with Crippen molar-refractivity contribution in [2.75, 3.05) is 0 Å². The molecule has 1 heterocycles. The molecule has 0 bridgehead atoms. The summed E-state index contributed by atoms with van der Waals surface area (Å²) < 4.78 is 13.3. The van der Waals surface area contributed by atoms with Crippen LogP contribution in [0.25, 0.3) is 6.08 Å². The molecule has 3 heteroatoms. The molecule has 0 radical (unpaired) electrons. The van der Waals surface area contributed by atoms with Gasteiger partial charge < -0.3 is 0 Å². The number of nitrogens with zero attached hydrogens (tertiary/aromatic N) is 1. The second-order valence-corrected chi connectivity index (χ2v) is 3.46. The highest BCUT2D eigenvalue weighted by Crippen LogP contribution is 2.09. The lowest BCUT2D eigenvalue weighted by atomic mass is 10.1. The summed E-state index contributed by atoms with van der Waals surface area (Å²) in [5, 5.41) is 0. The summed E-state index contributed by atoms with van der Waals surface area (Å²) in [6.45, 7) is 0. The largest absolute Gasteiger partial charge is 0.289 e. The smallest absolute Gasteiger partial charge is 0.187 e. The number of aromatic nitrogens is 1. The highest BCUT2D eigenvalue weighted by Gasteiger charge is 2.01. The Balaban J connectivity index is 2.17. The van der Waals surface area contributed by atoms with Gasteiger partial charge in [-0.2, -0.15) is 0 Å². The van der Waals surface area contributed by atoms with Crippen molar-refractivity contribution in [2.24, 2.45) is 0 Å². The number of benzene rings is 1. The zero-order valence-corrected chi connectivity index (χ0v) is 9.01. The van der Waals surface area contributed by atoms with Crippen LogP contribution < -0.4 is 0 Å². The molecule has 1 aromatic heterocycles. The van der Waals surface area contributed by atoms with Gasteiger partial charge in [0, 0.05) is 23.5 Å². The first kappa shape index (κ1) is 11.2. The van der Waals surface area contributed by atoms with Gasteiger partial charge in [0.05, 0.1) is 0 Å². The first-order chi connectivity index (χ1) is 8.27. The Kier molecular flexibility index (Phi) is 3.40. The van der Waals surface area contributed by atoms with E-state index in [0.717, 1.165) is 0 Å². The van der Waals surface area contributed by atoms with Crippen molar-refractivity contribution in [1.29, 1.82) is 0 Å². The van der Waals surface area contributed by atoms with Gasteiger partial charge in [-0.1, -0.05) is 18.2 Å². The van der Waals surface area contributed by atoms with E-state index >= 15 is 0 Å². The van der Waals surface area contributed by atoms with Crippen LogP contribution in [0.3, 0.4) is 0 Å². The molecule has 0 amide bonds. The standard InChI is InChI=1S/C14H10FNO/c15-13-6-2-1-4-11(13)7-8-14(17)12-5-3-9-16-10-12/h1-10H/b8-7+. The van der Waals surface area contributed by atoms with E-state index in [1.54, 1.807) is 36.5 Å². The van der Waals surface area contributed by atoms with Crippen molar-refractivity contribution in [3.05, 3.63) is 71.8 Å². The van der Waals surface area contributed by atoms with Crippen molar-refractivity contribution in [3.63, 3.8) is 0 Å². The van der Waals surface area contributed by atoms with Crippen LogP contribution in [0.2, 0.25) is 0 Å². The average Bonchev–Trinajstić information content (AvgIpc) is 2.38. The molecule has 2 aromatic rings. The molecule has 0 N–H and O–H groups in total. The number of carbonyl (C=O) groups excluding carboxylic acids is 1. The molecule has 84 valence electrons. The van der Waals surface area contributed by atoms with Crippen molar-refractivity contribution >= 4 is 11.9 Å². The summed E-state index contributed by atoms with van der Waals surface area (Å²) in [6.07, 6.45) is 5.88. The van der Waals surface area contributed by atoms with E-state index < -0.39 is 0 Å². The number of hydrogen-bond acceptors (Lipinski definition) is 2. The molecule has 0 saturated heterocycles. The topological polar surface area (TPSA) is 30.0 Å². The van der Waals surface area contributed by atoms with Gasteiger partial charge in [0.1, 0.15) is 5.82 Å². The predicted molar refractivity (Wildman–Crippen MR) is 64.0 cm³/mol. The van der Waals surface area contributed by atoms with Crippen molar-refractivity contribution < 1.29 is 9.18 Å². The molecule has 0 aliphatic carbocycles. The summed E-state index contributed by atoms with van der Waals surface area (Å²) in [6, 6.07) is 9.65. The number of allylic oxidation sites excluding steroid dienone is 1. The van der Waals surface area contributed by atoms with E-state index in [0.29, 0.717) is 11.1 Å². The maximum Gasteiger partial charge on any atom is 0.187 e. The van der Waals surface area contributed by atoms with Crippen molar-refractivity contribution in [3.8, 4) is 0 Å². The first-order valence-corrected chi connectivity index (χ1v) is 5.14. The number of halogens is 1. The van der Waals surface area contributed by atoms with Gasteiger partial charge >= 0.3 is 0 Å². The summed E-state index contributed by atoms with van der Waals surface area (Å²) in [4.78, 5) is 15.5. The zero-order chi connectivity index (χ0) is 12.1. The Morgan fingerprint density at radius 3 is 2.71 bits per heavy atom. The lowest BCUT2D eigenvalue weighted by Gasteiger charge is -1.96. The number of rotatable bonds is 3. The van der Waals surface area contributed by atoms with Crippen molar-refractivity contribution in [2.45, 2.75) is 0 Å². The van der Waals surface area contributed by atoms with E-state index in [2.05, 4.69) is 4.98 Å². The van der Waals surface area contributed by atoms with Gasteiger partial charge in [-0.25, -0.2) is 4.39 Å². The molecule has 1 aromatic carbocycles. The molecule has 17 heavy (non-hydrogen) atoms. The normalized spacial score (nSPS) is 10.6. The van der Waals surface area contributed by atoms with Gasteiger partial charge in [-0.05, 0) is 30.4 Å². The Morgan fingerprint density at radius 2 is 2.00 bits per heavy atom. The van der Waals surface area contributed by atoms with E-state index in [-0.39, 0.29) is 11.6 Å². The minimum Gasteiger partial charge on any atom is -0.289 e. The van der Waals surface area contributed by atoms with Crippen LogP contribution in [-0.2, 0) is 0 Å². The Bertz CT molecular complexity index is 549. The van der Waals surface area contributed by atoms with Crippen LogP contribution in [0.1, 0.15) is 15.9 Å². The predicted octanol–water partition coefficient (Wildman–Crippen LogP) is 3.12. The molecule has 0 aliphatic heterocycles. The Labute approximate surface area is 98.4 Å². The van der Waals surface area contributed by atoms with Crippen LogP contribution >= 0.6 is 0 Å². The third-order valence-corrected chi connectivity index (χ3v) is 2.27. The van der Waals surface area contributed by atoms with Crippen LogP contribution in [0.15, 0.2) is 54.9 Å². The fourth-order valence-corrected chi connectivity index (χ4v) is 1.38. The Morgan fingerprint density at radius 1 is 1.18 bits per heavy atom. The van der Waals surface area contributed by atoms with E-state index in [1.807, 2.05) is 0 Å². The maximum atomic E-state index is 13.3. The summed E-state index contributed by atoms with van der Waals surface area (Å²) >= 11 is 0. The minimum atomic E-state index is -0.345. The number of hydrogen-bond donors (Lipinski definition) is 0.